The maximum absolute atomic E-state index is 14.2. The Hall–Kier alpha value is -3.19. The third kappa shape index (κ3) is 6.09. The van der Waals surface area contributed by atoms with E-state index in [9.17, 15) is 9.18 Å². The van der Waals surface area contributed by atoms with E-state index in [0.29, 0.717) is 24.3 Å². The highest BCUT2D eigenvalue weighted by atomic mass is 19.1. The van der Waals surface area contributed by atoms with Crippen molar-refractivity contribution in [3.8, 4) is 5.69 Å². The molecule has 1 aliphatic heterocycles. The number of halogens is 1. The van der Waals surface area contributed by atoms with Crippen LogP contribution in [0.5, 0.6) is 0 Å². The molecule has 4 rings (SSSR count). The van der Waals surface area contributed by atoms with Gasteiger partial charge in [0.1, 0.15) is 11.6 Å². The average Bonchev–Trinajstić information content (AvgIpc) is 3.23. The molecule has 0 spiro atoms. The second-order valence-corrected chi connectivity index (χ2v) is 11.3. The van der Waals surface area contributed by atoms with Crippen LogP contribution in [-0.4, -0.2) is 64.8 Å². The molecular formula is C31H42FN5O. The summed E-state index contributed by atoms with van der Waals surface area (Å²) < 4.78 is 16.1. The molecule has 1 saturated heterocycles. The van der Waals surface area contributed by atoms with Gasteiger partial charge in [0.2, 0.25) is 0 Å². The number of aryl methyl sites for hydroxylation is 1. The molecule has 1 aromatic heterocycles. The first kappa shape index (κ1) is 27.8. The Balaban J connectivity index is 1.71. The Kier molecular flexibility index (Phi) is 8.56. The van der Waals surface area contributed by atoms with Crippen LogP contribution < -0.4 is 4.90 Å². The molecule has 0 unspecified atom stereocenters. The van der Waals surface area contributed by atoms with Gasteiger partial charge in [-0.2, -0.15) is 5.10 Å². The highest BCUT2D eigenvalue weighted by Crippen LogP contribution is 2.31. The van der Waals surface area contributed by atoms with Gasteiger partial charge in [-0.05, 0) is 61.2 Å². The van der Waals surface area contributed by atoms with Crippen LogP contribution in [-0.2, 0) is 12.0 Å². The summed E-state index contributed by atoms with van der Waals surface area (Å²) in [6.45, 7) is 18.6. The fraction of sp³-hybridized carbons (Fsp3) is 0.484. The highest BCUT2D eigenvalue weighted by molar-refractivity contribution is 5.94. The second kappa shape index (κ2) is 11.7. The number of carbonyl (C=O) groups excluding carboxylic acids is 1. The van der Waals surface area contributed by atoms with E-state index >= 15 is 0 Å². The molecule has 1 fully saturated rings. The summed E-state index contributed by atoms with van der Waals surface area (Å²) in [5, 5.41) is 4.88. The Morgan fingerprint density at radius 3 is 2.29 bits per heavy atom. The summed E-state index contributed by atoms with van der Waals surface area (Å²) in [7, 11) is 0. The second-order valence-electron chi connectivity index (χ2n) is 11.3. The average molecular weight is 520 g/mol. The molecule has 1 aliphatic rings. The zero-order valence-electron chi connectivity index (χ0n) is 23.8. The zero-order chi connectivity index (χ0) is 27.4. The molecule has 0 radical (unpaired) electrons. The van der Waals surface area contributed by atoms with E-state index in [1.807, 2.05) is 34.7 Å². The SMILES string of the molecule is CCCN(Cc1c(C)nn(-c2cccc(F)c2)c1N1CCN(CC)CC1)C(=O)c1ccc(C(C)(C)C)cc1. The molecule has 6 nitrogen and oxygen atoms in total. The maximum atomic E-state index is 14.2. The standard InChI is InChI=1S/C31H42FN5O/c1-7-16-36(30(38)24-12-14-25(15-13-24)31(4,5)6)22-28-23(3)33-37(27-11-9-10-26(32)21-27)29(28)35-19-17-34(8-2)18-20-35/h9-15,21H,7-8,16-20,22H2,1-6H3. The molecule has 0 N–H and O–H groups in total. The van der Waals surface area contributed by atoms with Crippen LogP contribution in [0.3, 0.4) is 0 Å². The van der Waals surface area contributed by atoms with Gasteiger partial charge in [0, 0.05) is 43.9 Å². The molecular weight excluding hydrogens is 477 g/mol. The van der Waals surface area contributed by atoms with E-state index < -0.39 is 0 Å². The minimum absolute atomic E-state index is 0.0203. The van der Waals surface area contributed by atoms with Crippen LogP contribution in [0.2, 0.25) is 0 Å². The summed E-state index contributed by atoms with van der Waals surface area (Å²) in [6, 6.07) is 14.6. The largest absolute Gasteiger partial charge is 0.354 e. The van der Waals surface area contributed by atoms with E-state index in [4.69, 9.17) is 5.10 Å². The van der Waals surface area contributed by atoms with Crippen LogP contribution >= 0.6 is 0 Å². The van der Waals surface area contributed by atoms with E-state index in [0.717, 1.165) is 56.2 Å². The number of rotatable bonds is 8. The Bertz CT molecular complexity index is 1240. The van der Waals surface area contributed by atoms with Crippen molar-refractivity contribution in [2.45, 2.75) is 59.9 Å². The minimum Gasteiger partial charge on any atom is -0.354 e. The number of anilines is 1. The van der Waals surface area contributed by atoms with E-state index in [2.05, 4.69) is 56.6 Å². The van der Waals surface area contributed by atoms with Gasteiger partial charge < -0.3 is 14.7 Å². The van der Waals surface area contributed by atoms with Crippen molar-refractivity contribution in [3.63, 3.8) is 0 Å². The number of aromatic nitrogens is 2. The number of carbonyl (C=O) groups is 1. The van der Waals surface area contributed by atoms with Gasteiger partial charge in [-0.25, -0.2) is 9.07 Å². The lowest BCUT2D eigenvalue weighted by molar-refractivity contribution is 0.0743. The van der Waals surface area contributed by atoms with Crippen molar-refractivity contribution in [2.24, 2.45) is 0 Å². The van der Waals surface area contributed by atoms with Gasteiger partial charge in [0.25, 0.3) is 5.91 Å². The lowest BCUT2D eigenvalue weighted by Crippen LogP contribution is -2.47. The van der Waals surface area contributed by atoms with Crippen LogP contribution in [0.15, 0.2) is 48.5 Å². The Morgan fingerprint density at radius 1 is 1.03 bits per heavy atom. The van der Waals surface area contributed by atoms with Crippen molar-refractivity contribution in [1.82, 2.24) is 19.6 Å². The van der Waals surface area contributed by atoms with Crippen LogP contribution in [0.1, 0.15) is 68.2 Å². The Morgan fingerprint density at radius 2 is 1.71 bits per heavy atom. The third-order valence-corrected chi connectivity index (χ3v) is 7.46. The smallest absolute Gasteiger partial charge is 0.254 e. The molecule has 2 heterocycles. The number of likely N-dealkylation sites (N-methyl/N-ethyl adjacent to an activating group) is 1. The van der Waals surface area contributed by atoms with Gasteiger partial charge in [0.05, 0.1) is 17.9 Å². The number of amides is 1. The quantitative estimate of drug-likeness (QED) is 0.377. The van der Waals surface area contributed by atoms with Crippen LogP contribution in [0, 0.1) is 12.7 Å². The number of hydrogen-bond acceptors (Lipinski definition) is 4. The van der Waals surface area contributed by atoms with Gasteiger partial charge in [-0.3, -0.25) is 4.79 Å². The van der Waals surface area contributed by atoms with Crippen molar-refractivity contribution < 1.29 is 9.18 Å². The molecule has 2 aromatic carbocycles. The lowest BCUT2D eigenvalue weighted by Gasteiger charge is -2.36. The molecule has 0 atom stereocenters. The lowest BCUT2D eigenvalue weighted by atomic mass is 9.86. The van der Waals surface area contributed by atoms with Gasteiger partial charge in [0.15, 0.2) is 0 Å². The molecule has 3 aromatic rings. The first-order chi connectivity index (χ1) is 18.1. The predicted molar refractivity (Wildman–Crippen MR) is 153 cm³/mol. The first-order valence-electron chi connectivity index (χ1n) is 13.8. The molecule has 7 heteroatoms. The molecule has 204 valence electrons. The number of nitrogens with zero attached hydrogens (tertiary/aromatic N) is 5. The summed E-state index contributed by atoms with van der Waals surface area (Å²) >= 11 is 0. The summed E-state index contributed by atoms with van der Waals surface area (Å²) in [4.78, 5) is 20.4. The predicted octanol–water partition coefficient (Wildman–Crippen LogP) is 5.81. The van der Waals surface area contributed by atoms with Gasteiger partial charge >= 0.3 is 0 Å². The minimum atomic E-state index is -0.291. The zero-order valence-corrected chi connectivity index (χ0v) is 23.8. The number of benzene rings is 2. The molecule has 0 aliphatic carbocycles. The number of piperazine rings is 1. The molecule has 1 amide bonds. The first-order valence-corrected chi connectivity index (χ1v) is 13.8. The van der Waals surface area contributed by atoms with Gasteiger partial charge in [-0.15, -0.1) is 0 Å². The fourth-order valence-corrected chi connectivity index (χ4v) is 5.13. The van der Waals surface area contributed by atoms with Crippen molar-refractivity contribution in [3.05, 3.63) is 76.7 Å². The van der Waals surface area contributed by atoms with Gasteiger partial charge in [-0.1, -0.05) is 52.8 Å². The molecule has 0 saturated carbocycles. The fourth-order valence-electron chi connectivity index (χ4n) is 5.13. The monoisotopic (exact) mass is 519 g/mol. The van der Waals surface area contributed by atoms with Crippen molar-refractivity contribution >= 4 is 11.7 Å². The molecule has 0 bridgehead atoms. The van der Waals surface area contributed by atoms with Crippen molar-refractivity contribution in [2.75, 3.05) is 44.2 Å². The Labute approximate surface area is 227 Å². The maximum Gasteiger partial charge on any atom is 0.254 e. The van der Waals surface area contributed by atoms with Crippen molar-refractivity contribution in [1.29, 1.82) is 0 Å². The van der Waals surface area contributed by atoms with E-state index in [1.165, 1.54) is 17.7 Å². The normalized spacial score (nSPS) is 14.7. The summed E-state index contributed by atoms with van der Waals surface area (Å²) in [5.74, 6) is 0.688. The van der Waals surface area contributed by atoms with E-state index in [-0.39, 0.29) is 17.1 Å². The highest BCUT2D eigenvalue weighted by Gasteiger charge is 2.28. The van der Waals surface area contributed by atoms with Crippen LogP contribution in [0.25, 0.3) is 5.69 Å². The van der Waals surface area contributed by atoms with E-state index in [1.54, 1.807) is 6.07 Å². The third-order valence-electron chi connectivity index (χ3n) is 7.46. The molecule has 38 heavy (non-hydrogen) atoms. The number of hydrogen-bond donors (Lipinski definition) is 0. The summed E-state index contributed by atoms with van der Waals surface area (Å²) in [5.41, 5.74) is 4.51. The summed E-state index contributed by atoms with van der Waals surface area (Å²) in [6.07, 6.45) is 0.855. The van der Waals surface area contributed by atoms with Crippen LogP contribution in [0.4, 0.5) is 10.2 Å². The topological polar surface area (TPSA) is 44.6 Å².